The molecule has 0 amide bonds. The largest absolute Gasteiger partial charge is 0.381 e. The molecule has 0 aromatic heterocycles. The number of nitro benzene ring substituents is 1. The van der Waals surface area contributed by atoms with Crippen LogP contribution in [0.1, 0.15) is 18.9 Å². The summed E-state index contributed by atoms with van der Waals surface area (Å²) in [6, 6.07) is 2.50. The van der Waals surface area contributed by atoms with Crippen molar-refractivity contribution in [2.24, 2.45) is 5.92 Å². The van der Waals surface area contributed by atoms with Crippen LogP contribution in [0, 0.1) is 28.8 Å². The number of nitrogens with zero attached hydrogens (tertiary/aromatic N) is 1. The molecule has 1 aliphatic heterocycles. The van der Waals surface area contributed by atoms with Crippen LogP contribution in [0.3, 0.4) is 0 Å². The van der Waals surface area contributed by atoms with E-state index < -0.39 is 10.7 Å². The van der Waals surface area contributed by atoms with Crippen molar-refractivity contribution in [1.29, 1.82) is 0 Å². The Morgan fingerprint density at radius 3 is 2.89 bits per heavy atom. The van der Waals surface area contributed by atoms with Gasteiger partial charge in [-0.15, -0.1) is 0 Å². The highest BCUT2D eigenvalue weighted by atomic mass is 19.1. The lowest BCUT2D eigenvalue weighted by molar-refractivity contribution is -0.384. The van der Waals surface area contributed by atoms with Crippen LogP contribution in [0.4, 0.5) is 15.8 Å². The van der Waals surface area contributed by atoms with Crippen LogP contribution in [0.2, 0.25) is 0 Å². The van der Waals surface area contributed by atoms with Crippen molar-refractivity contribution in [1.82, 2.24) is 0 Å². The smallest absolute Gasteiger partial charge is 0.295 e. The molecule has 5 nitrogen and oxygen atoms in total. The quantitative estimate of drug-likeness (QED) is 0.673. The molecule has 1 aromatic rings. The van der Waals surface area contributed by atoms with Gasteiger partial charge in [0.1, 0.15) is 11.5 Å². The molecular weight excluding hydrogens is 251 g/mol. The van der Waals surface area contributed by atoms with Gasteiger partial charge in [0.05, 0.1) is 17.6 Å². The molecule has 19 heavy (non-hydrogen) atoms. The first-order valence-corrected chi connectivity index (χ1v) is 6.28. The number of rotatable bonds is 4. The molecule has 2 atom stereocenters. The topological polar surface area (TPSA) is 64.4 Å². The maximum absolute atomic E-state index is 13.4. The summed E-state index contributed by atoms with van der Waals surface area (Å²) in [6.07, 6.45) is 0.933. The van der Waals surface area contributed by atoms with Gasteiger partial charge in [0.15, 0.2) is 0 Å². The highest BCUT2D eigenvalue weighted by molar-refractivity contribution is 5.63. The summed E-state index contributed by atoms with van der Waals surface area (Å²) in [5, 5.41) is 14.1. The number of hydrogen-bond acceptors (Lipinski definition) is 4. The number of halogens is 1. The first-order valence-electron chi connectivity index (χ1n) is 6.28. The van der Waals surface area contributed by atoms with Gasteiger partial charge in [0.2, 0.25) is 0 Å². The molecule has 0 radical (unpaired) electrons. The third-order valence-electron chi connectivity index (χ3n) is 3.53. The standard InChI is InChI=1S/C13H17FN2O3/c1-8-5-12(13(16(17)18)6-11(8)14)15-9(2)10-3-4-19-7-10/h5-6,9-10,15H,3-4,7H2,1-2H3. The SMILES string of the molecule is Cc1cc(NC(C)C2CCOC2)c([N+](=O)[O-])cc1F. The number of nitrogens with one attached hydrogen (secondary N) is 1. The molecular formula is C13H17FN2O3. The van der Waals surface area contributed by atoms with E-state index in [0.717, 1.165) is 19.1 Å². The summed E-state index contributed by atoms with van der Waals surface area (Å²) in [5.41, 5.74) is 0.528. The van der Waals surface area contributed by atoms with Crippen molar-refractivity contribution < 1.29 is 14.1 Å². The number of anilines is 1. The number of aryl methyl sites for hydroxylation is 1. The van der Waals surface area contributed by atoms with E-state index in [1.165, 1.54) is 6.07 Å². The molecule has 1 N–H and O–H groups in total. The molecule has 104 valence electrons. The second kappa shape index (κ2) is 5.52. The summed E-state index contributed by atoms with van der Waals surface area (Å²) in [5.74, 6) is -0.237. The van der Waals surface area contributed by atoms with Gasteiger partial charge in [-0.3, -0.25) is 10.1 Å². The molecule has 1 aliphatic rings. The predicted molar refractivity (Wildman–Crippen MR) is 69.8 cm³/mol. The summed E-state index contributed by atoms with van der Waals surface area (Å²) in [4.78, 5) is 10.4. The Labute approximate surface area is 110 Å². The highest BCUT2D eigenvalue weighted by Gasteiger charge is 2.25. The van der Waals surface area contributed by atoms with E-state index in [1.54, 1.807) is 6.92 Å². The summed E-state index contributed by atoms with van der Waals surface area (Å²) >= 11 is 0. The van der Waals surface area contributed by atoms with Crippen LogP contribution in [-0.4, -0.2) is 24.2 Å². The van der Waals surface area contributed by atoms with Gasteiger partial charge in [-0.2, -0.15) is 0 Å². The van der Waals surface area contributed by atoms with Crippen molar-refractivity contribution in [3.63, 3.8) is 0 Å². The molecule has 2 unspecified atom stereocenters. The zero-order valence-electron chi connectivity index (χ0n) is 11.0. The molecule has 0 aliphatic carbocycles. The minimum absolute atomic E-state index is 0.0473. The summed E-state index contributed by atoms with van der Waals surface area (Å²) < 4.78 is 18.7. The Kier molecular flexibility index (Phi) is 3.99. The monoisotopic (exact) mass is 268 g/mol. The van der Waals surface area contributed by atoms with Crippen molar-refractivity contribution >= 4 is 11.4 Å². The number of hydrogen-bond donors (Lipinski definition) is 1. The summed E-state index contributed by atoms with van der Waals surface area (Å²) in [6.45, 7) is 4.93. The summed E-state index contributed by atoms with van der Waals surface area (Å²) in [7, 11) is 0. The molecule has 0 spiro atoms. The third-order valence-corrected chi connectivity index (χ3v) is 3.53. The minimum Gasteiger partial charge on any atom is -0.381 e. The van der Waals surface area contributed by atoms with Crippen LogP contribution in [0.5, 0.6) is 0 Å². The second-order valence-corrected chi connectivity index (χ2v) is 4.93. The second-order valence-electron chi connectivity index (χ2n) is 4.93. The lowest BCUT2D eigenvalue weighted by Gasteiger charge is -2.20. The van der Waals surface area contributed by atoms with Gasteiger partial charge in [-0.1, -0.05) is 0 Å². The Bertz CT molecular complexity index is 487. The Morgan fingerprint density at radius 2 is 2.32 bits per heavy atom. The third kappa shape index (κ3) is 3.01. The van der Waals surface area contributed by atoms with Crippen LogP contribution >= 0.6 is 0 Å². The zero-order chi connectivity index (χ0) is 14.0. The molecule has 0 saturated carbocycles. The van der Waals surface area contributed by atoms with E-state index in [9.17, 15) is 14.5 Å². The molecule has 1 aromatic carbocycles. The Morgan fingerprint density at radius 1 is 1.58 bits per heavy atom. The van der Waals surface area contributed by atoms with Crippen LogP contribution in [-0.2, 0) is 4.74 Å². The molecule has 1 saturated heterocycles. The van der Waals surface area contributed by atoms with Gasteiger partial charge < -0.3 is 10.1 Å². The van der Waals surface area contributed by atoms with E-state index in [0.29, 0.717) is 23.8 Å². The Hall–Kier alpha value is -1.69. The fraction of sp³-hybridized carbons (Fsp3) is 0.538. The number of nitro groups is 1. The normalized spacial score (nSPS) is 20.3. The van der Waals surface area contributed by atoms with Gasteiger partial charge >= 0.3 is 0 Å². The molecule has 6 heteroatoms. The van der Waals surface area contributed by atoms with Crippen molar-refractivity contribution in [2.75, 3.05) is 18.5 Å². The molecule has 1 fully saturated rings. The number of ether oxygens (including phenoxy) is 1. The van der Waals surface area contributed by atoms with Gasteiger partial charge in [0, 0.05) is 18.6 Å². The van der Waals surface area contributed by atoms with Crippen molar-refractivity contribution in [2.45, 2.75) is 26.3 Å². The Balaban J connectivity index is 2.22. The lowest BCUT2D eigenvalue weighted by Crippen LogP contribution is -2.26. The van der Waals surface area contributed by atoms with E-state index in [4.69, 9.17) is 4.74 Å². The maximum atomic E-state index is 13.4. The predicted octanol–water partition coefficient (Wildman–Crippen LogP) is 2.88. The fourth-order valence-electron chi connectivity index (χ4n) is 2.25. The first kappa shape index (κ1) is 13.7. The van der Waals surface area contributed by atoms with Gasteiger partial charge in [-0.25, -0.2) is 4.39 Å². The van der Waals surface area contributed by atoms with Crippen LogP contribution in [0.15, 0.2) is 12.1 Å². The van der Waals surface area contributed by atoms with Gasteiger partial charge in [-0.05, 0) is 31.9 Å². The van der Waals surface area contributed by atoms with E-state index in [2.05, 4.69) is 5.32 Å². The first-order chi connectivity index (χ1) is 8.99. The molecule has 2 rings (SSSR count). The number of benzene rings is 1. The van der Waals surface area contributed by atoms with E-state index >= 15 is 0 Å². The van der Waals surface area contributed by atoms with E-state index in [1.807, 2.05) is 6.92 Å². The minimum atomic E-state index is -0.567. The van der Waals surface area contributed by atoms with Gasteiger partial charge in [0.25, 0.3) is 5.69 Å². The van der Waals surface area contributed by atoms with Crippen LogP contribution < -0.4 is 5.32 Å². The van der Waals surface area contributed by atoms with Crippen molar-refractivity contribution in [3.8, 4) is 0 Å². The lowest BCUT2D eigenvalue weighted by atomic mass is 10.00. The fourth-order valence-corrected chi connectivity index (χ4v) is 2.25. The van der Waals surface area contributed by atoms with E-state index in [-0.39, 0.29) is 11.7 Å². The average Bonchev–Trinajstić information content (AvgIpc) is 2.86. The molecule has 0 bridgehead atoms. The average molecular weight is 268 g/mol. The molecule has 1 heterocycles. The zero-order valence-corrected chi connectivity index (χ0v) is 11.0. The van der Waals surface area contributed by atoms with Crippen LogP contribution in [0.25, 0.3) is 0 Å². The maximum Gasteiger partial charge on any atom is 0.295 e. The van der Waals surface area contributed by atoms with Crippen molar-refractivity contribution in [3.05, 3.63) is 33.6 Å². The highest BCUT2D eigenvalue weighted by Crippen LogP contribution is 2.30.